The van der Waals surface area contributed by atoms with Crippen LogP contribution in [0.25, 0.3) is 0 Å². The number of hydrogen-bond acceptors (Lipinski definition) is 2. The quantitative estimate of drug-likeness (QED) is 0.806. The summed E-state index contributed by atoms with van der Waals surface area (Å²) in [5.74, 6) is 1.12. The van der Waals surface area contributed by atoms with Gasteiger partial charge in [-0.05, 0) is 29.7 Å². The number of ether oxygens (including phenoxy) is 2. The van der Waals surface area contributed by atoms with E-state index in [9.17, 15) is 0 Å². The van der Waals surface area contributed by atoms with Gasteiger partial charge in [-0.2, -0.15) is 0 Å². The molecule has 2 aliphatic rings. The molecule has 110 valence electrons. The molecule has 0 N–H and O–H groups in total. The molecule has 0 spiro atoms. The highest BCUT2D eigenvalue weighted by Crippen LogP contribution is 2.57. The highest BCUT2D eigenvalue weighted by atomic mass is 16.5. The molecule has 1 aliphatic heterocycles. The summed E-state index contributed by atoms with van der Waals surface area (Å²) >= 11 is 0. The molecule has 0 aromatic heterocycles. The zero-order valence-corrected chi connectivity index (χ0v) is 12.8. The third kappa shape index (κ3) is 2.91. The zero-order valence-electron chi connectivity index (χ0n) is 12.8. The van der Waals surface area contributed by atoms with E-state index in [2.05, 4.69) is 45.0 Å². The van der Waals surface area contributed by atoms with Gasteiger partial charge in [-0.3, -0.25) is 0 Å². The van der Waals surface area contributed by atoms with Crippen molar-refractivity contribution in [3.8, 4) is 0 Å². The van der Waals surface area contributed by atoms with Crippen molar-refractivity contribution in [2.75, 3.05) is 6.61 Å². The van der Waals surface area contributed by atoms with Gasteiger partial charge in [0.25, 0.3) is 0 Å². The summed E-state index contributed by atoms with van der Waals surface area (Å²) in [5.41, 5.74) is 1.73. The fourth-order valence-corrected chi connectivity index (χ4v) is 3.69. The van der Waals surface area contributed by atoms with Crippen molar-refractivity contribution in [2.45, 2.75) is 52.4 Å². The smallest absolute Gasteiger partial charge is 0.0717 e. The largest absolute Gasteiger partial charge is 0.376 e. The minimum atomic E-state index is 0.367. The van der Waals surface area contributed by atoms with Gasteiger partial charge in [0.15, 0.2) is 0 Å². The standard InChI is InChI=1S/C18H26O2/c1-13-9-18(3)10-16(18)20-17(13)14(2)11-19-12-15-7-5-4-6-8-15/h4-8,13-14,16-17H,9-12H2,1-3H3/t13-,14-,16+,17+,18?/m0/s1. The Balaban J connectivity index is 1.46. The number of rotatable bonds is 5. The molecule has 0 amide bonds. The first-order valence-corrected chi connectivity index (χ1v) is 7.85. The second kappa shape index (κ2) is 5.50. The first kappa shape index (κ1) is 14.1. The van der Waals surface area contributed by atoms with E-state index in [-0.39, 0.29) is 0 Å². The first-order valence-electron chi connectivity index (χ1n) is 7.85. The Labute approximate surface area is 122 Å². The number of fused-ring (bicyclic) bond motifs is 1. The van der Waals surface area contributed by atoms with E-state index in [0.29, 0.717) is 36.1 Å². The van der Waals surface area contributed by atoms with Gasteiger partial charge in [-0.15, -0.1) is 0 Å². The molecule has 3 rings (SSSR count). The summed E-state index contributed by atoms with van der Waals surface area (Å²) in [7, 11) is 0. The van der Waals surface area contributed by atoms with Crippen LogP contribution in [0.2, 0.25) is 0 Å². The van der Waals surface area contributed by atoms with Crippen LogP contribution < -0.4 is 0 Å². The molecule has 0 radical (unpaired) electrons. The monoisotopic (exact) mass is 274 g/mol. The fraction of sp³-hybridized carbons (Fsp3) is 0.667. The molecule has 2 fully saturated rings. The summed E-state index contributed by atoms with van der Waals surface area (Å²) < 4.78 is 12.1. The van der Waals surface area contributed by atoms with Crippen LogP contribution in [-0.4, -0.2) is 18.8 Å². The molecule has 5 atom stereocenters. The third-order valence-corrected chi connectivity index (χ3v) is 4.99. The molecule has 1 unspecified atom stereocenters. The maximum absolute atomic E-state index is 6.26. The Morgan fingerprint density at radius 1 is 1.30 bits per heavy atom. The van der Waals surface area contributed by atoms with Crippen LogP contribution in [0.4, 0.5) is 0 Å². The van der Waals surface area contributed by atoms with Gasteiger partial charge in [0.1, 0.15) is 0 Å². The van der Waals surface area contributed by atoms with Crippen LogP contribution in [0.3, 0.4) is 0 Å². The Kier molecular flexibility index (Phi) is 3.87. The van der Waals surface area contributed by atoms with Crippen molar-refractivity contribution in [1.29, 1.82) is 0 Å². The van der Waals surface area contributed by atoms with Gasteiger partial charge in [0.2, 0.25) is 0 Å². The van der Waals surface area contributed by atoms with Crippen molar-refractivity contribution in [3.63, 3.8) is 0 Å². The SMILES string of the molecule is C[C@@H](COCc1ccccc1)[C@@H]1O[C@@H]2CC2(C)C[C@@H]1C. The van der Waals surface area contributed by atoms with Crippen LogP contribution in [0.1, 0.15) is 39.2 Å². The minimum absolute atomic E-state index is 0.367. The van der Waals surface area contributed by atoms with Gasteiger partial charge in [-0.1, -0.05) is 51.1 Å². The molecule has 1 aromatic carbocycles. The molecule has 0 bridgehead atoms. The number of benzene rings is 1. The summed E-state index contributed by atoms with van der Waals surface area (Å²) in [6.45, 7) is 8.44. The summed E-state index contributed by atoms with van der Waals surface area (Å²) in [5, 5.41) is 0. The lowest BCUT2D eigenvalue weighted by atomic mass is 9.83. The fourth-order valence-electron chi connectivity index (χ4n) is 3.69. The van der Waals surface area contributed by atoms with Crippen LogP contribution >= 0.6 is 0 Å². The molecule has 1 heterocycles. The third-order valence-electron chi connectivity index (χ3n) is 4.99. The van der Waals surface area contributed by atoms with Crippen molar-refractivity contribution in [1.82, 2.24) is 0 Å². The summed E-state index contributed by atoms with van der Waals surface area (Å²) in [6, 6.07) is 10.4. The molecule has 1 saturated heterocycles. The number of hydrogen-bond donors (Lipinski definition) is 0. The van der Waals surface area contributed by atoms with Gasteiger partial charge in [0.05, 0.1) is 25.4 Å². The predicted octanol–water partition coefficient (Wildman–Crippen LogP) is 4.04. The molecule has 1 aliphatic carbocycles. The van der Waals surface area contributed by atoms with Crippen LogP contribution in [0.15, 0.2) is 30.3 Å². The zero-order chi connectivity index (χ0) is 14.2. The van der Waals surface area contributed by atoms with Crippen LogP contribution in [0, 0.1) is 17.3 Å². The molecule has 2 nitrogen and oxygen atoms in total. The normalized spacial score (nSPS) is 37.2. The van der Waals surface area contributed by atoms with Crippen molar-refractivity contribution >= 4 is 0 Å². The Morgan fingerprint density at radius 3 is 2.80 bits per heavy atom. The average molecular weight is 274 g/mol. The average Bonchev–Trinajstić information content (AvgIpc) is 3.08. The predicted molar refractivity (Wildman–Crippen MR) is 80.4 cm³/mol. The molecule has 2 heteroatoms. The van der Waals surface area contributed by atoms with Crippen molar-refractivity contribution < 1.29 is 9.47 Å². The Bertz CT molecular complexity index is 444. The van der Waals surface area contributed by atoms with Gasteiger partial charge in [-0.25, -0.2) is 0 Å². The second-order valence-corrected chi connectivity index (χ2v) is 7.11. The molecule has 1 saturated carbocycles. The van der Waals surface area contributed by atoms with E-state index >= 15 is 0 Å². The Hall–Kier alpha value is -0.860. The van der Waals surface area contributed by atoms with E-state index in [1.54, 1.807) is 0 Å². The van der Waals surface area contributed by atoms with Crippen LogP contribution in [-0.2, 0) is 16.1 Å². The second-order valence-electron chi connectivity index (χ2n) is 7.11. The topological polar surface area (TPSA) is 18.5 Å². The molecule has 1 aromatic rings. The van der Waals surface area contributed by atoms with Crippen molar-refractivity contribution in [2.24, 2.45) is 17.3 Å². The lowest BCUT2D eigenvalue weighted by Crippen LogP contribution is -2.38. The van der Waals surface area contributed by atoms with Crippen molar-refractivity contribution in [3.05, 3.63) is 35.9 Å². The summed E-state index contributed by atoms with van der Waals surface area (Å²) in [4.78, 5) is 0. The van der Waals surface area contributed by atoms with E-state index < -0.39 is 0 Å². The molecular formula is C18H26O2. The first-order chi connectivity index (χ1) is 9.58. The van der Waals surface area contributed by atoms with Gasteiger partial charge in [0, 0.05) is 5.92 Å². The molecule has 20 heavy (non-hydrogen) atoms. The highest BCUT2D eigenvalue weighted by molar-refractivity contribution is 5.13. The summed E-state index contributed by atoms with van der Waals surface area (Å²) in [6.07, 6.45) is 3.45. The van der Waals surface area contributed by atoms with Gasteiger partial charge < -0.3 is 9.47 Å². The van der Waals surface area contributed by atoms with E-state index in [1.807, 2.05) is 6.07 Å². The maximum atomic E-state index is 6.26. The van der Waals surface area contributed by atoms with Crippen LogP contribution in [0.5, 0.6) is 0 Å². The van der Waals surface area contributed by atoms with E-state index in [1.165, 1.54) is 18.4 Å². The van der Waals surface area contributed by atoms with E-state index in [0.717, 1.165) is 6.61 Å². The lowest BCUT2D eigenvalue weighted by Gasteiger charge is -2.36. The Morgan fingerprint density at radius 2 is 2.05 bits per heavy atom. The maximum Gasteiger partial charge on any atom is 0.0717 e. The highest BCUT2D eigenvalue weighted by Gasteiger charge is 2.57. The molecular weight excluding hydrogens is 248 g/mol. The lowest BCUT2D eigenvalue weighted by molar-refractivity contribution is -0.0944. The van der Waals surface area contributed by atoms with E-state index in [4.69, 9.17) is 9.47 Å². The van der Waals surface area contributed by atoms with Gasteiger partial charge >= 0.3 is 0 Å². The minimum Gasteiger partial charge on any atom is -0.376 e.